The Bertz CT molecular complexity index is 1000. The fourth-order valence-corrected chi connectivity index (χ4v) is 4.30. The molecule has 3 aromatic rings. The lowest BCUT2D eigenvalue weighted by Crippen LogP contribution is -2.46. The molecule has 0 bridgehead atoms. The van der Waals surface area contributed by atoms with E-state index in [1.165, 1.54) is 11.3 Å². The lowest BCUT2D eigenvalue weighted by Gasteiger charge is -2.31. The summed E-state index contributed by atoms with van der Waals surface area (Å²) in [5.74, 6) is -0.460. The summed E-state index contributed by atoms with van der Waals surface area (Å²) in [7, 11) is 0. The number of benzene rings is 2. The highest BCUT2D eigenvalue weighted by Gasteiger charge is 2.24. The predicted octanol–water partition coefficient (Wildman–Crippen LogP) is 3.14. The number of amides is 2. The number of rotatable bonds is 7. The number of hydrogen-bond donors (Lipinski definition) is 3. The monoisotopic (exact) mass is 434 g/mol. The van der Waals surface area contributed by atoms with Crippen molar-refractivity contribution in [3.63, 3.8) is 0 Å². The molecule has 7 heteroatoms. The third kappa shape index (κ3) is 5.51. The highest BCUT2D eigenvalue weighted by Crippen LogP contribution is 2.26. The molecular formula is C24H26N4O2S. The molecule has 0 spiro atoms. The van der Waals surface area contributed by atoms with E-state index in [-0.39, 0.29) is 11.8 Å². The maximum atomic E-state index is 13.3. The minimum Gasteiger partial charge on any atom is -0.367 e. The van der Waals surface area contributed by atoms with Crippen LogP contribution < -0.4 is 20.9 Å². The van der Waals surface area contributed by atoms with Crippen LogP contribution in [0.1, 0.15) is 15.2 Å². The van der Waals surface area contributed by atoms with Gasteiger partial charge in [-0.3, -0.25) is 9.59 Å². The van der Waals surface area contributed by atoms with Gasteiger partial charge in [0.2, 0.25) is 5.91 Å². The Labute approximate surface area is 186 Å². The SMILES string of the molecule is O=C(NC(Cc1ccccc1)C(=O)Nc1ccccc1N1CCNCC1)c1cccs1. The van der Waals surface area contributed by atoms with Crippen molar-refractivity contribution in [2.45, 2.75) is 12.5 Å². The molecule has 1 aliphatic rings. The Morgan fingerprint density at radius 3 is 2.45 bits per heavy atom. The third-order valence-corrected chi connectivity index (χ3v) is 6.14. The summed E-state index contributed by atoms with van der Waals surface area (Å²) in [6, 6.07) is 20.5. The second-order valence-electron chi connectivity index (χ2n) is 7.44. The molecule has 1 saturated heterocycles. The summed E-state index contributed by atoms with van der Waals surface area (Å²) >= 11 is 1.36. The van der Waals surface area contributed by atoms with Crippen molar-refractivity contribution in [3.05, 3.63) is 82.6 Å². The van der Waals surface area contributed by atoms with E-state index in [0.717, 1.165) is 43.1 Å². The number of nitrogens with zero attached hydrogens (tertiary/aromatic N) is 1. The first kappa shape index (κ1) is 21.1. The summed E-state index contributed by atoms with van der Waals surface area (Å²) in [5.41, 5.74) is 2.75. The van der Waals surface area contributed by atoms with Crippen LogP contribution in [0.2, 0.25) is 0 Å². The topological polar surface area (TPSA) is 73.5 Å². The normalized spacial score (nSPS) is 14.6. The Kier molecular flexibility index (Phi) is 6.96. The van der Waals surface area contributed by atoms with Crippen LogP contribution in [0.3, 0.4) is 0 Å². The molecule has 2 heterocycles. The lowest BCUT2D eigenvalue weighted by atomic mass is 10.0. The minimum absolute atomic E-state index is 0.226. The smallest absolute Gasteiger partial charge is 0.262 e. The Morgan fingerprint density at radius 1 is 0.968 bits per heavy atom. The standard InChI is InChI=1S/C24H26N4O2S/c29-23(26-19-9-4-5-10-21(19)28-14-12-25-13-15-28)20(17-18-7-2-1-3-8-18)27-24(30)22-11-6-16-31-22/h1-11,16,20,25H,12-15,17H2,(H,26,29)(H,27,30). The van der Waals surface area contributed by atoms with Crippen LogP contribution in [-0.4, -0.2) is 44.0 Å². The summed E-state index contributed by atoms with van der Waals surface area (Å²) < 4.78 is 0. The van der Waals surface area contributed by atoms with Crippen molar-refractivity contribution in [1.82, 2.24) is 10.6 Å². The summed E-state index contributed by atoms with van der Waals surface area (Å²) in [4.78, 5) is 28.8. The van der Waals surface area contributed by atoms with E-state index in [0.29, 0.717) is 11.3 Å². The molecule has 1 aromatic heterocycles. The van der Waals surface area contributed by atoms with Crippen molar-refractivity contribution in [2.24, 2.45) is 0 Å². The van der Waals surface area contributed by atoms with E-state index in [2.05, 4.69) is 20.9 Å². The molecule has 31 heavy (non-hydrogen) atoms. The van der Waals surface area contributed by atoms with Crippen LogP contribution in [0.5, 0.6) is 0 Å². The molecule has 2 amide bonds. The molecule has 160 valence electrons. The van der Waals surface area contributed by atoms with Crippen molar-refractivity contribution in [2.75, 3.05) is 36.4 Å². The number of carbonyl (C=O) groups excluding carboxylic acids is 2. The number of piperazine rings is 1. The zero-order valence-electron chi connectivity index (χ0n) is 17.2. The van der Waals surface area contributed by atoms with Gasteiger partial charge in [0.05, 0.1) is 16.3 Å². The summed E-state index contributed by atoms with van der Waals surface area (Å²) in [6.07, 6.45) is 0.416. The van der Waals surface area contributed by atoms with E-state index in [4.69, 9.17) is 0 Å². The number of carbonyl (C=O) groups is 2. The molecule has 3 N–H and O–H groups in total. The molecule has 0 saturated carbocycles. The molecule has 0 radical (unpaired) electrons. The van der Waals surface area contributed by atoms with Crippen LogP contribution in [0.25, 0.3) is 0 Å². The maximum Gasteiger partial charge on any atom is 0.262 e. The van der Waals surface area contributed by atoms with Crippen LogP contribution in [0.15, 0.2) is 72.1 Å². The number of nitrogens with one attached hydrogen (secondary N) is 3. The van der Waals surface area contributed by atoms with Crippen LogP contribution in [0, 0.1) is 0 Å². The quantitative estimate of drug-likeness (QED) is 0.534. The largest absolute Gasteiger partial charge is 0.367 e. The van der Waals surface area contributed by atoms with Crippen LogP contribution >= 0.6 is 11.3 Å². The Balaban J connectivity index is 1.53. The molecular weight excluding hydrogens is 408 g/mol. The van der Waals surface area contributed by atoms with Crippen molar-refractivity contribution < 1.29 is 9.59 Å². The average molecular weight is 435 g/mol. The van der Waals surface area contributed by atoms with E-state index < -0.39 is 6.04 Å². The second kappa shape index (κ2) is 10.2. The van der Waals surface area contributed by atoms with Crippen molar-refractivity contribution in [1.29, 1.82) is 0 Å². The van der Waals surface area contributed by atoms with E-state index in [1.54, 1.807) is 6.07 Å². The number of thiophene rings is 1. The second-order valence-corrected chi connectivity index (χ2v) is 8.38. The van der Waals surface area contributed by atoms with Crippen molar-refractivity contribution >= 4 is 34.5 Å². The zero-order valence-corrected chi connectivity index (χ0v) is 18.0. The number of para-hydroxylation sites is 2. The van der Waals surface area contributed by atoms with Gasteiger partial charge < -0.3 is 20.9 Å². The first-order chi connectivity index (χ1) is 15.2. The van der Waals surface area contributed by atoms with E-state index in [1.807, 2.05) is 66.0 Å². The molecule has 0 aliphatic carbocycles. The highest BCUT2D eigenvalue weighted by atomic mass is 32.1. The van der Waals surface area contributed by atoms with Crippen LogP contribution in [-0.2, 0) is 11.2 Å². The van der Waals surface area contributed by atoms with Gasteiger partial charge in [-0.2, -0.15) is 0 Å². The molecule has 1 aliphatic heterocycles. The first-order valence-corrected chi connectivity index (χ1v) is 11.3. The number of anilines is 2. The molecule has 4 rings (SSSR count). The van der Waals surface area contributed by atoms with Gasteiger partial charge >= 0.3 is 0 Å². The molecule has 1 unspecified atom stereocenters. The minimum atomic E-state index is -0.687. The summed E-state index contributed by atoms with van der Waals surface area (Å²) in [6.45, 7) is 3.59. The highest BCUT2D eigenvalue weighted by molar-refractivity contribution is 7.12. The average Bonchev–Trinajstić information content (AvgIpc) is 3.35. The van der Waals surface area contributed by atoms with Gasteiger partial charge in [0.1, 0.15) is 6.04 Å². The van der Waals surface area contributed by atoms with Gasteiger partial charge in [-0.05, 0) is 29.1 Å². The first-order valence-electron chi connectivity index (χ1n) is 10.4. The summed E-state index contributed by atoms with van der Waals surface area (Å²) in [5, 5.41) is 11.2. The maximum absolute atomic E-state index is 13.3. The van der Waals surface area contributed by atoms with Gasteiger partial charge in [0.15, 0.2) is 0 Å². The van der Waals surface area contributed by atoms with Crippen LogP contribution in [0.4, 0.5) is 11.4 Å². The Hall–Kier alpha value is -3.16. The molecule has 2 aromatic carbocycles. The van der Waals surface area contributed by atoms with Crippen molar-refractivity contribution in [3.8, 4) is 0 Å². The van der Waals surface area contributed by atoms with E-state index >= 15 is 0 Å². The fourth-order valence-electron chi connectivity index (χ4n) is 3.68. The molecule has 6 nitrogen and oxygen atoms in total. The number of hydrogen-bond acceptors (Lipinski definition) is 5. The van der Waals surface area contributed by atoms with Gasteiger partial charge in [0.25, 0.3) is 5.91 Å². The van der Waals surface area contributed by atoms with Gasteiger partial charge in [-0.25, -0.2) is 0 Å². The predicted molar refractivity (Wildman–Crippen MR) is 126 cm³/mol. The lowest BCUT2D eigenvalue weighted by molar-refractivity contribution is -0.118. The Morgan fingerprint density at radius 2 is 1.71 bits per heavy atom. The van der Waals surface area contributed by atoms with Gasteiger partial charge in [-0.1, -0.05) is 48.5 Å². The zero-order chi connectivity index (χ0) is 21.5. The van der Waals surface area contributed by atoms with Gasteiger partial charge in [-0.15, -0.1) is 11.3 Å². The fraction of sp³-hybridized carbons (Fsp3) is 0.250. The molecule has 1 fully saturated rings. The third-order valence-electron chi connectivity index (χ3n) is 5.27. The van der Waals surface area contributed by atoms with Gasteiger partial charge in [0, 0.05) is 32.6 Å². The van der Waals surface area contributed by atoms with E-state index in [9.17, 15) is 9.59 Å². The molecule has 1 atom stereocenters.